The Bertz CT molecular complexity index is 108. The van der Waals surface area contributed by atoms with Crippen molar-refractivity contribution in [2.24, 2.45) is 11.8 Å². The Morgan fingerprint density at radius 3 is 1.58 bits per heavy atom. The van der Waals surface area contributed by atoms with E-state index in [0.29, 0.717) is 0 Å². The molecule has 70 valence electrons. The summed E-state index contributed by atoms with van der Waals surface area (Å²) in [5.74, 6) is 4.38. The second-order valence-corrected chi connectivity index (χ2v) is 9.30. The second kappa shape index (κ2) is 9.43. The summed E-state index contributed by atoms with van der Waals surface area (Å²) in [7, 11) is 0.150. The molecule has 0 amide bonds. The average molecular weight is 234 g/mol. The maximum absolute atomic E-state index is 5.11. The van der Waals surface area contributed by atoms with Crippen molar-refractivity contribution >= 4 is 58.4 Å². The molecule has 0 nitrogen and oxygen atoms in total. The molecule has 0 unspecified atom stereocenters. The zero-order valence-electron chi connectivity index (χ0n) is 7.87. The van der Waals surface area contributed by atoms with Crippen LogP contribution in [0.3, 0.4) is 0 Å². The maximum atomic E-state index is 5.11. The number of hydrogen-bond donors (Lipinski definition) is 1. The van der Waals surface area contributed by atoms with Gasteiger partial charge in [-0.2, -0.15) is 10.5 Å². The zero-order chi connectivity index (χ0) is 8.85. The van der Waals surface area contributed by atoms with Gasteiger partial charge in [0.05, 0.1) is 0 Å². The molecule has 0 saturated carbocycles. The molecule has 0 aromatic carbocycles. The molecule has 0 bridgehead atoms. The standard InChI is InChI=1S/C8H19PS2.Na.H/c1-7(2)5-11(9-10)6-8(3)4;;/h7-8,11H,5-6H2,1-4H3;;. The van der Waals surface area contributed by atoms with Gasteiger partial charge in [-0.25, -0.2) is 0 Å². The molecule has 0 saturated heterocycles. The van der Waals surface area contributed by atoms with E-state index in [4.69, 9.17) is 11.8 Å². The van der Waals surface area contributed by atoms with Gasteiger partial charge in [-0.1, -0.05) is 27.7 Å². The van der Waals surface area contributed by atoms with Crippen LogP contribution in [0.15, 0.2) is 0 Å². The van der Waals surface area contributed by atoms with E-state index in [1.54, 1.807) is 0 Å². The minimum atomic E-state index is 0. The summed E-state index contributed by atoms with van der Waals surface area (Å²) in [5.41, 5.74) is 0. The summed E-state index contributed by atoms with van der Waals surface area (Å²) in [5, 5.41) is 0. The zero-order valence-corrected chi connectivity index (χ0v) is 10.5. The van der Waals surface area contributed by atoms with Crippen LogP contribution in [-0.2, 0) is 11.8 Å². The van der Waals surface area contributed by atoms with Crippen molar-refractivity contribution in [3.63, 3.8) is 0 Å². The summed E-state index contributed by atoms with van der Waals surface area (Å²) in [6.07, 6.45) is 0. The molecular weight excluding hydrogens is 214 g/mol. The van der Waals surface area contributed by atoms with E-state index in [0.717, 1.165) is 11.8 Å². The van der Waals surface area contributed by atoms with Gasteiger partial charge in [0.1, 0.15) is 0 Å². The quantitative estimate of drug-likeness (QED) is 0.433. The second-order valence-electron chi connectivity index (χ2n) is 3.74. The first-order valence-corrected chi connectivity index (χ1v) is 8.47. The molecule has 0 aromatic rings. The van der Waals surface area contributed by atoms with Crippen molar-refractivity contribution < 1.29 is 0 Å². The molecular formula is C8H20NaPS2. The summed E-state index contributed by atoms with van der Waals surface area (Å²) < 4.78 is 0. The Labute approximate surface area is 108 Å². The van der Waals surface area contributed by atoms with Crippen LogP contribution in [-0.4, -0.2) is 41.1 Å². The Morgan fingerprint density at radius 2 is 1.42 bits per heavy atom. The number of rotatable bonds is 5. The van der Waals surface area contributed by atoms with Crippen LogP contribution >= 0.6 is 17.1 Å². The molecule has 0 aliphatic heterocycles. The molecule has 0 aliphatic carbocycles. The van der Waals surface area contributed by atoms with Gasteiger partial charge in [0.25, 0.3) is 0 Å². The first-order chi connectivity index (χ1) is 5.06. The van der Waals surface area contributed by atoms with Gasteiger partial charge in [0.15, 0.2) is 0 Å². The van der Waals surface area contributed by atoms with E-state index in [1.807, 2.05) is 0 Å². The van der Waals surface area contributed by atoms with E-state index >= 15 is 0 Å². The van der Waals surface area contributed by atoms with Gasteiger partial charge < -0.3 is 0 Å². The van der Waals surface area contributed by atoms with E-state index < -0.39 is 0 Å². The first kappa shape index (κ1) is 16.3. The van der Waals surface area contributed by atoms with Gasteiger partial charge in [0.2, 0.25) is 0 Å². The van der Waals surface area contributed by atoms with Crippen LogP contribution in [0.4, 0.5) is 0 Å². The van der Waals surface area contributed by atoms with Crippen LogP contribution in [0.25, 0.3) is 0 Å². The molecule has 0 spiro atoms. The number of thiol groups is 1. The van der Waals surface area contributed by atoms with E-state index in [9.17, 15) is 0 Å². The normalized spacial score (nSPS) is 12.0. The van der Waals surface area contributed by atoms with Gasteiger partial charge >= 0.3 is 29.6 Å². The van der Waals surface area contributed by atoms with E-state index in [-0.39, 0.29) is 40.1 Å². The Morgan fingerprint density at radius 1 is 1.08 bits per heavy atom. The van der Waals surface area contributed by atoms with Crippen molar-refractivity contribution in [2.75, 3.05) is 11.5 Å². The predicted octanol–water partition coefficient (Wildman–Crippen LogP) is 2.97. The molecule has 0 aromatic heterocycles. The monoisotopic (exact) mass is 234 g/mol. The molecule has 0 fully saturated rings. The minimum absolute atomic E-state index is 0. The van der Waals surface area contributed by atoms with Gasteiger partial charge in [0, 0.05) is 6.56 Å². The molecule has 0 radical (unpaired) electrons. The van der Waals surface area contributed by atoms with Crippen molar-refractivity contribution in [1.82, 2.24) is 0 Å². The summed E-state index contributed by atoms with van der Waals surface area (Å²) >= 11 is 5.11. The molecule has 4 heteroatoms. The topological polar surface area (TPSA) is 0 Å². The van der Waals surface area contributed by atoms with Crippen LogP contribution in [0.1, 0.15) is 27.7 Å². The molecule has 0 heterocycles. The van der Waals surface area contributed by atoms with Crippen molar-refractivity contribution in [1.29, 1.82) is 0 Å². The van der Waals surface area contributed by atoms with Crippen molar-refractivity contribution in [3.8, 4) is 0 Å². The molecule has 0 aliphatic rings. The van der Waals surface area contributed by atoms with Crippen LogP contribution < -0.4 is 0 Å². The van der Waals surface area contributed by atoms with Crippen LogP contribution in [0.2, 0.25) is 0 Å². The Balaban J connectivity index is 0. The summed E-state index contributed by atoms with van der Waals surface area (Å²) in [6, 6.07) is 0. The third kappa shape index (κ3) is 9.95. The fourth-order valence-electron chi connectivity index (χ4n) is 0.984. The fourth-order valence-corrected chi connectivity index (χ4v) is 6.51. The molecule has 12 heavy (non-hydrogen) atoms. The van der Waals surface area contributed by atoms with Crippen LogP contribution in [0.5, 0.6) is 0 Å². The Hall–Kier alpha value is 1.87. The van der Waals surface area contributed by atoms with Crippen molar-refractivity contribution in [3.05, 3.63) is 0 Å². The van der Waals surface area contributed by atoms with E-state index in [1.165, 1.54) is 18.1 Å². The predicted molar refractivity (Wildman–Crippen MR) is 69.8 cm³/mol. The Kier molecular flexibility index (Phi) is 12.8. The molecule has 0 N–H and O–H groups in total. The van der Waals surface area contributed by atoms with Crippen molar-refractivity contribution in [2.45, 2.75) is 27.7 Å². The van der Waals surface area contributed by atoms with Gasteiger partial charge in [-0.3, -0.25) is 0 Å². The SMILES string of the molecule is CC(C)C[SH](CC(C)C)P=S.[NaH]. The third-order valence-corrected chi connectivity index (χ3v) is 7.55. The molecule has 0 atom stereocenters. The molecule has 0 rings (SSSR count). The van der Waals surface area contributed by atoms with Gasteiger partial charge in [-0.15, -0.1) is 0 Å². The first-order valence-electron chi connectivity index (χ1n) is 4.14. The average Bonchev–Trinajstić information content (AvgIpc) is 1.84. The van der Waals surface area contributed by atoms with Gasteiger partial charge in [-0.05, 0) is 35.1 Å². The van der Waals surface area contributed by atoms with E-state index in [2.05, 4.69) is 27.7 Å². The summed E-state index contributed by atoms with van der Waals surface area (Å²) in [4.78, 5) is 0. The fraction of sp³-hybridized carbons (Fsp3) is 1.00. The summed E-state index contributed by atoms with van der Waals surface area (Å²) in [6.45, 7) is 10.4. The van der Waals surface area contributed by atoms with Crippen LogP contribution in [0, 0.1) is 11.8 Å². The third-order valence-electron chi connectivity index (χ3n) is 1.27. The number of hydrogen-bond acceptors (Lipinski definition) is 1.